The van der Waals surface area contributed by atoms with Gasteiger partial charge in [0.05, 0.1) is 11.1 Å². The van der Waals surface area contributed by atoms with Crippen molar-refractivity contribution in [2.24, 2.45) is 0 Å². The Morgan fingerprint density at radius 1 is 0.900 bits per heavy atom. The second-order valence-electron chi connectivity index (χ2n) is 3.98. The van der Waals surface area contributed by atoms with Gasteiger partial charge in [-0.05, 0) is 35.8 Å². The molecule has 0 heterocycles. The van der Waals surface area contributed by atoms with Crippen LogP contribution in [0.3, 0.4) is 0 Å². The maximum absolute atomic E-state index is 9.09. The van der Waals surface area contributed by atoms with Crippen LogP contribution in [-0.2, 0) is 0 Å². The molecule has 2 rings (SSSR count). The van der Waals surface area contributed by atoms with Crippen molar-refractivity contribution in [1.82, 2.24) is 0 Å². The second-order valence-corrected chi connectivity index (χ2v) is 3.98. The highest BCUT2D eigenvalue weighted by Crippen LogP contribution is 2.23. The van der Waals surface area contributed by atoms with Crippen LogP contribution >= 0.6 is 0 Å². The number of ether oxygens (including phenoxy) is 1. The van der Waals surface area contributed by atoms with Crippen LogP contribution in [0.25, 0.3) is 0 Å². The zero-order valence-electron chi connectivity index (χ0n) is 10.3. The third-order valence-corrected chi connectivity index (χ3v) is 2.62. The first-order valence-corrected chi connectivity index (χ1v) is 5.72. The molecular weight excluding hydrogens is 255 g/mol. The van der Waals surface area contributed by atoms with Crippen LogP contribution in [0.4, 0.5) is 0 Å². The summed E-state index contributed by atoms with van der Waals surface area (Å²) >= 11 is 0. The fourth-order valence-electron chi connectivity index (χ4n) is 1.65. The van der Waals surface area contributed by atoms with Crippen LogP contribution in [0.2, 0.25) is 0 Å². The van der Waals surface area contributed by atoms with E-state index in [1.165, 1.54) is 18.2 Å². The number of hydrogen-bond donors (Lipinski definition) is 2. The molecule has 0 bridgehead atoms. The molecule has 0 amide bonds. The summed E-state index contributed by atoms with van der Waals surface area (Å²) in [6.45, 7) is 0. The van der Waals surface area contributed by atoms with Crippen molar-refractivity contribution in [3.63, 3.8) is 0 Å². The van der Waals surface area contributed by atoms with Crippen molar-refractivity contribution in [3.05, 3.63) is 53.6 Å². The molecule has 6 heteroatoms. The molecule has 0 radical (unpaired) electrons. The number of benzene rings is 2. The van der Waals surface area contributed by atoms with E-state index >= 15 is 0 Å². The van der Waals surface area contributed by atoms with E-state index in [0.29, 0.717) is 17.0 Å². The van der Waals surface area contributed by atoms with Gasteiger partial charge in [0.1, 0.15) is 23.6 Å². The van der Waals surface area contributed by atoms with Crippen molar-refractivity contribution in [1.29, 1.82) is 10.5 Å². The molecule has 5 nitrogen and oxygen atoms in total. The average molecular weight is 264 g/mol. The summed E-state index contributed by atoms with van der Waals surface area (Å²) in [5.74, 6) is 0.800. The lowest BCUT2D eigenvalue weighted by molar-refractivity contribution is 0.425. The smallest absolute Gasteiger partial charge is 0.457 e. The van der Waals surface area contributed by atoms with Crippen molar-refractivity contribution in [2.75, 3.05) is 0 Å². The molecule has 20 heavy (non-hydrogen) atoms. The fourth-order valence-corrected chi connectivity index (χ4v) is 1.65. The first-order chi connectivity index (χ1) is 9.63. The van der Waals surface area contributed by atoms with Crippen molar-refractivity contribution < 1.29 is 14.8 Å². The average Bonchev–Trinajstić information content (AvgIpc) is 2.47. The first kappa shape index (κ1) is 13.6. The predicted molar refractivity (Wildman–Crippen MR) is 72.2 cm³/mol. The molecule has 2 N–H and O–H groups in total. The van der Waals surface area contributed by atoms with E-state index in [1.54, 1.807) is 24.3 Å². The minimum atomic E-state index is -1.57. The summed E-state index contributed by atoms with van der Waals surface area (Å²) in [4.78, 5) is 0. The van der Waals surface area contributed by atoms with Gasteiger partial charge < -0.3 is 14.8 Å². The number of hydrogen-bond acceptors (Lipinski definition) is 5. The molecule has 0 saturated heterocycles. The Hall–Kier alpha value is -2.80. The quantitative estimate of drug-likeness (QED) is 0.802. The van der Waals surface area contributed by atoms with Gasteiger partial charge in [-0.2, -0.15) is 10.5 Å². The normalized spacial score (nSPS) is 9.40. The first-order valence-electron chi connectivity index (χ1n) is 5.72. The Kier molecular flexibility index (Phi) is 4.02. The molecule has 0 unspecified atom stereocenters. The van der Waals surface area contributed by atoms with Crippen LogP contribution in [0.1, 0.15) is 11.1 Å². The predicted octanol–water partition coefficient (Wildman–Crippen LogP) is 0.902. The van der Waals surface area contributed by atoms with Crippen molar-refractivity contribution in [3.8, 4) is 23.6 Å². The van der Waals surface area contributed by atoms with Crippen LogP contribution in [0.15, 0.2) is 42.5 Å². The Balaban J connectivity index is 2.29. The van der Waals surface area contributed by atoms with Gasteiger partial charge in [-0.25, -0.2) is 0 Å². The molecule has 2 aromatic rings. The maximum atomic E-state index is 9.09. The molecule has 0 aliphatic rings. The molecule has 0 aliphatic heterocycles. The highest BCUT2D eigenvalue weighted by atomic mass is 16.5. The Morgan fingerprint density at radius 2 is 1.60 bits per heavy atom. The van der Waals surface area contributed by atoms with E-state index in [0.717, 1.165) is 0 Å². The van der Waals surface area contributed by atoms with Crippen LogP contribution in [0.5, 0.6) is 11.5 Å². The summed E-state index contributed by atoms with van der Waals surface area (Å²) in [7, 11) is -1.57. The lowest BCUT2D eigenvalue weighted by Crippen LogP contribution is -2.29. The van der Waals surface area contributed by atoms with E-state index in [9.17, 15) is 0 Å². The highest BCUT2D eigenvalue weighted by molar-refractivity contribution is 6.58. The van der Waals surface area contributed by atoms with Gasteiger partial charge >= 0.3 is 7.12 Å². The highest BCUT2D eigenvalue weighted by Gasteiger charge is 2.11. The molecule has 0 aromatic heterocycles. The number of nitrogens with zero attached hydrogens (tertiary/aromatic N) is 2. The van der Waals surface area contributed by atoms with E-state index in [2.05, 4.69) is 0 Å². The number of rotatable bonds is 3. The fraction of sp³-hybridized carbons (Fsp3) is 0. The zero-order valence-corrected chi connectivity index (χ0v) is 10.3. The third-order valence-electron chi connectivity index (χ3n) is 2.62. The second kappa shape index (κ2) is 5.90. The van der Waals surface area contributed by atoms with Crippen molar-refractivity contribution >= 4 is 12.6 Å². The van der Waals surface area contributed by atoms with Gasteiger partial charge in [0.15, 0.2) is 0 Å². The Morgan fingerprint density at radius 3 is 2.25 bits per heavy atom. The summed E-state index contributed by atoms with van der Waals surface area (Å²) in [6.07, 6.45) is 0. The molecule has 0 atom stereocenters. The number of nitriles is 2. The lowest BCUT2D eigenvalue weighted by atomic mass is 9.80. The van der Waals surface area contributed by atoms with Crippen molar-refractivity contribution in [2.45, 2.75) is 0 Å². The van der Waals surface area contributed by atoms with Gasteiger partial charge in [-0.3, -0.25) is 0 Å². The Bertz CT molecular complexity index is 717. The van der Waals surface area contributed by atoms with Crippen LogP contribution in [0, 0.1) is 22.7 Å². The van der Waals surface area contributed by atoms with E-state index in [4.69, 9.17) is 25.3 Å². The molecule has 0 spiro atoms. The largest absolute Gasteiger partial charge is 0.488 e. The minimum absolute atomic E-state index is 0.225. The SMILES string of the molecule is N#Cc1ccc(Oc2cccc(B(O)O)c2)cc1C#N. The van der Waals surface area contributed by atoms with Crippen LogP contribution < -0.4 is 10.2 Å². The monoisotopic (exact) mass is 264 g/mol. The van der Waals surface area contributed by atoms with Gasteiger partial charge in [0.2, 0.25) is 0 Å². The van der Waals surface area contributed by atoms with Gasteiger partial charge in [0.25, 0.3) is 0 Å². The molecule has 96 valence electrons. The van der Waals surface area contributed by atoms with Gasteiger partial charge in [0, 0.05) is 0 Å². The third kappa shape index (κ3) is 2.96. The maximum Gasteiger partial charge on any atom is 0.488 e. The standard InChI is InChI=1S/C14H9BN2O3/c16-8-10-4-5-14(6-11(10)9-17)20-13-3-1-2-12(7-13)15(18)19/h1-7,18-19H. The zero-order chi connectivity index (χ0) is 14.5. The molecule has 0 aliphatic carbocycles. The molecule has 0 fully saturated rings. The molecule has 2 aromatic carbocycles. The minimum Gasteiger partial charge on any atom is -0.457 e. The van der Waals surface area contributed by atoms with Crippen LogP contribution in [-0.4, -0.2) is 17.2 Å². The summed E-state index contributed by atoms with van der Waals surface area (Å²) in [6, 6.07) is 14.7. The summed E-state index contributed by atoms with van der Waals surface area (Å²) < 4.78 is 5.53. The van der Waals surface area contributed by atoms with E-state index < -0.39 is 7.12 Å². The van der Waals surface area contributed by atoms with E-state index in [1.807, 2.05) is 12.1 Å². The van der Waals surface area contributed by atoms with E-state index in [-0.39, 0.29) is 11.1 Å². The molecule has 0 saturated carbocycles. The van der Waals surface area contributed by atoms with Gasteiger partial charge in [-0.1, -0.05) is 12.1 Å². The Labute approximate surface area is 116 Å². The molecular formula is C14H9BN2O3. The summed E-state index contributed by atoms with van der Waals surface area (Å²) in [5, 5.41) is 35.9. The summed E-state index contributed by atoms with van der Waals surface area (Å²) in [5.41, 5.74) is 0.805. The topological polar surface area (TPSA) is 97.3 Å². The van der Waals surface area contributed by atoms with Gasteiger partial charge in [-0.15, -0.1) is 0 Å². The lowest BCUT2D eigenvalue weighted by Gasteiger charge is -2.08.